The highest BCUT2D eigenvalue weighted by atomic mass is 32.2. The summed E-state index contributed by atoms with van der Waals surface area (Å²) in [7, 11) is -1.90. The van der Waals surface area contributed by atoms with Crippen LogP contribution in [-0.4, -0.2) is 20.8 Å². The molecule has 0 radical (unpaired) electrons. The van der Waals surface area contributed by atoms with Crippen LogP contribution < -0.4 is 0 Å². The van der Waals surface area contributed by atoms with E-state index in [4.69, 9.17) is 0 Å². The van der Waals surface area contributed by atoms with Crippen molar-refractivity contribution in [1.29, 1.82) is 0 Å². The molecular weight excluding hydrogens is 287 g/mol. The molecule has 0 aromatic heterocycles. The van der Waals surface area contributed by atoms with Gasteiger partial charge in [-0.25, -0.2) is 4.21 Å². The Morgan fingerprint density at radius 1 is 1.15 bits per heavy atom. The smallest absolute Gasteiger partial charge is 0.234 e. The van der Waals surface area contributed by atoms with Crippen molar-refractivity contribution in [2.75, 3.05) is 0 Å². The summed E-state index contributed by atoms with van der Waals surface area (Å²) in [5.41, 5.74) is -0.166. The van der Waals surface area contributed by atoms with Crippen LogP contribution in [0.3, 0.4) is 0 Å². The Kier molecular flexibility index (Phi) is 5.50. The maximum absolute atomic E-state index is 12.9. The second kappa shape index (κ2) is 6.52. The summed E-state index contributed by atoms with van der Waals surface area (Å²) in [6.07, 6.45) is -4.59. The van der Waals surface area contributed by atoms with Crippen LogP contribution in [0, 0.1) is 0 Å². The van der Waals surface area contributed by atoms with E-state index in [0.29, 0.717) is 0 Å². The Labute approximate surface area is 119 Å². The van der Waals surface area contributed by atoms with Gasteiger partial charge in [0, 0.05) is 0 Å². The SMILES string of the molecule is CC(C)(C)S(=O)/N=C(/CCc1ccccc1)C(F)(F)F. The first kappa shape index (κ1) is 16.9. The van der Waals surface area contributed by atoms with Gasteiger partial charge < -0.3 is 0 Å². The Morgan fingerprint density at radius 2 is 1.70 bits per heavy atom. The molecule has 2 nitrogen and oxygen atoms in total. The molecule has 1 unspecified atom stereocenters. The van der Waals surface area contributed by atoms with E-state index in [1.807, 2.05) is 0 Å². The number of alkyl halides is 3. The number of hydrogen-bond acceptors (Lipinski definition) is 1. The number of nitrogens with zero attached hydrogens (tertiary/aromatic N) is 1. The molecule has 0 spiro atoms. The number of halogens is 3. The minimum absolute atomic E-state index is 0.223. The molecule has 0 aliphatic carbocycles. The zero-order chi connectivity index (χ0) is 15.4. The van der Waals surface area contributed by atoms with E-state index in [-0.39, 0.29) is 12.8 Å². The van der Waals surface area contributed by atoms with Crippen LogP contribution in [0.25, 0.3) is 0 Å². The van der Waals surface area contributed by atoms with E-state index in [0.717, 1.165) is 5.56 Å². The molecule has 0 heterocycles. The zero-order valence-electron chi connectivity index (χ0n) is 11.7. The molecule has 1 aromatic rings. The third kappa shape index (κ3) is 5.45. The highest BCUT2D eigenvalue weighted by molar-refractivity contribution is 7.85. The van der Waals surface area contributed by atoms with Crippen molar-refractivity contribution in [3.8, 4) is 0 Å². The Morgan fingerprint density at radius 3 is 2.15 bits per heavy atom. The van der Waals surface area contributed by atoms with Gasteiger partial charge in [-0.05, 0) is 39.2 Å². The minimum atomic E-state index is -4.55. The van der Waals surface area contributed by atoms with Gasteiger partial charge in [0.25, 0.3) is 0 Å². The van der Waals surface area contributed by atoms with Crippen molar-refractivity contribution in [2.24, 2.45) is 4.40 Å². The summed E-state index contributed by atoms with van der Waals surface area (Å²) in [4.78, 5) is 0. The summed E-state index contributed by atoms with van der Waals surface area (Å²) in [6.45, 7) is 4.79. The lowest BCUT2D eigenvalue weighted by molar-refractivity contribution is -0.0602. The average Bonchev–Trinajstić information content (AvgIpc) is 2.32. The molecule has 0 aliphatic rings. The van der Waals surface area contributed by atoms with Gasteiger partial charge in [0.15, 0.2) is 0 Å². The highest BCUT2D eigenvalue weighted by Crippen LogP contribution is 2.23. The second-order valence-electron chi connectivity index (χ2n) is 5.38. The van der Waals surface area contributed by atoms with Gasteiger partial charge in [0.05, 0.1) is 4.75 Å². The number of aryl methyl sites for hydroxylation is 1. The summed E-state index contributed by atoms with van der Waals surface area (Å²) in [6, 6.07) is 8.86. The van der Waals surface area contributed by atoms with Gasteiger partial charge in [-0.2, -0.15) is 17.6 Å². The first-order chi connectivity index (χ1) is 9.10. The van der Waals surface area contributed by atoms with Crippen molar-refractivity contribution in [1.82, 2.24) is 0 Å². The zero-order valence-corrected chi connectivity index (χ0v) is 12.5. The molecule has 1 aromatic carbocycles. The molecule has 0 bridgehead atoms. The Balaban J connectivity index is 2.87. The van der Waals surface area contributed by atoms with E-state index < -0.39 is 27.6 Å². The Bertz CT molecular complexity index is 489. The molecule has 0 N–H and O–H groups in total. The van der Waals surface area contributed by atoms with E-state index in [9.17, 15) is 17.4 Å². The van der Waals surface area contributed by atoms with Gasteiger partial charge >= 0.3 is 6.18 Å². The molecule has 6 heteroatoms. The third-order valence-corrected chi connectivity index (χ3v) is 3.97. The highest BCUT2D eigenvalue weighted by Gasteiger charge is 2.36. The molecule has 0 amide bonds. The number of benzene rings is 1. The van der Waals surface area contributed by atoms with Crippen LogP contribution >= 0.6 is 0 Å². The molecule has 0 saturated carbocycles. The standard InChI is InChI=1S/C14H18F3NOS/c1-13(2,3)20(19)18-12(14(15,16)17)10-9-11-7-5-4-6-8-11/h4-8H,9-10H2,1-3H3/b18-12-. The fraction of sp³-hybridized carbons (Fsp3) is 0.500. The van der Waals surface area contributed by atoms with Crippen molar-refractivity contribution >= 4 is 16.7 Å². The Hall–Kier alpha value is -1.17. The van der Waals surface area contributed by atoms with Crippen molar-refractivity contribution in [3.05, 3.63) is 35.9 Å². The molecule has 0 fully saturated rings. The maximum atomic E-state index is 12.9. The van der Waals surface area contributed by atoms with Gasteiger partial charge in [-0.1, -0.05) is 30.3 Å². The first-order valence-electron chi connectivity index (χ1n) is 6.21. The molecule has 0 saturated heterocycles. The predicted molar refractivity (Wildman–Crippen MR) is 76.1 cm³/mol. The van der Waals surface area contributed by atoms with Crippen LogP contribution in [-0.2, 0) is 17.4 Å². The fourth-order valence-electron chi connectivity index (χ4n) is 1.38. The lowest BCUT2D eigenvalue weighted by Gasteiger charge is -2.16. The molecule has 1 rings (SSSR count). The van der Waals surface area contributed by atoms with Gasteiger partial charge in [-0.15, -0.1) is 0 Å². The van der Waals surface area contributed by atoms with Crippen LogP contribution in [0.15, 0.2) is 34.7 Å². The normalized spacial score (nSPS) is 15.2. The second-order valence-corrected chi connectivity index (χ2v) is 7.29. The quantitative estimate of drug-likeness (QED) is 0.771. The van der Waals surface area contributed by atoms with Crippen LogP contribution in [0.4, 0.5) is 13.2 Å². The fourth-order valence-corrected chi connectivity index (χ4v) is 2.05. The monoisotopic (exact) mass is 305 g/mol. The molecule has 0 aliphatic heterocycles. The van der Waals surface area contributed by atoms with Crippen molar-refractivity contribution in [3.63, 3.8) is 0 Å². The third-order valence-electron chi connectivity index (χ3n) is 2.54. The van der Waals surface area contributed by atoms with Crippen LogP contribution in [0.5, 0.6) is 0 Å². The molecular formula is C14H18F3NOS. The summed E-state index contributed by atoms with van der Waals surface area (Å²) < 4.78 is 53.1. The lowest BCUT2D eigenvalue weighted by Crippen LogP contribution is -2.28. The van der Waals surface area contributed by atoms with E-state index in [2.05, 4.69) is 4.40 Å². The van der Waals surface area contributed by atoms with Gasteiger partial charge in [0.2, 0.25) is 0 Å². The largest absolute Gasteiger partial charge is 0.430 e. The topological polar surface area (TPSA) is 29.4 Å². The average molecular weight is 305 g/mol. The maximum Gasteiger partial charge on any atom is 0.430 e. The van der Waals surface area contributed by atoms with Crippen molar-refractivity contribution in [2.45, 2.75) is 44.5 Å². The van der Waals surface area contributed by atoms with Gasteiger partial charge in [0.1, 0.15) is 16.7 Å². The summed E-state index contributed by atoms with van der Waals surface area (Å²) in [5, 5.41) is 0. The number of rotatable bonds is 4. The van der Waals surface area contributed by atoms with Gasteiger partial charge in [-0.3, -0.25) is 0 Å². The summed E-state index contributed by atoms with van der Waals surface area (Å²) in [5.74, 6) is 0. The minimum Gasteiger partial charge on any atom is -0.234 e. The first-order valence-corrected chi connectivity index (χ1v) is 7.32. The van der Waals surface area contributed by atoms with E-state index in [1.54, 1.807) is 51.1 Å². The van der Waals surface area contributed by atoms with E-state index >= 15 is 0 Å². The van der Waals surface area contributed by atoms with E-state index in [1.165, 1.54) is 0 Å². The summed E-state index contributed by atoms with van der Waals surface area (Å²) >= 11 is 0. The lowest BCUT2D eigenvalue weighted by atomic mass is 10.1. The predicted octanol–water partition coefficient (Wildman–Crippen LogP) is 4.08. The number of hydrogen-bond donors (Lipinski definition) is 0. The van der Waals surface area contributed by atoms with Crippen molar-refractivity contribution < 1.29 is 17.4 Å². The van der Waals surface area contributed by atoms with Crippen LogP contribution in [0.2, 0.25) is 0 Å². The molecule has 1 atom stereocenters. The molecule has 20 heavy (non-hydrogen) atoms. The van der Waals surface area contributed by atoms with Crippen LogP contribution in [0.1, 0.15) is 32.8 Å². The molecule has 112 valence electrons.